The molecule has 168 valence electrons. The van der Waals surface area contributed by atoms with Gasteiger partial charge in [0.15, 0.2) is 17.3 Å². The van der Waals surface area contributed by atoms with Crippen molar-refractivity contribution in [3.05, 3.63) is 71.1 Å². The Labute approximate surface area is 192 Å². The number of carbonyl (C=O) groups excluding carboxylic acids is 2. The number of likely N-dealkylation sites (tertiary alicyclic amines) is 1. The number of hydrogen-bond acceptors (Lipinski definition) is 4. The van der Waals surface area contributed by atoms with Crippen molar-refractivity contribution in [2.75, 3.05) is 20.3 Å². The van der Waals surface area contributed by atoms with Crippen molar-refractivity contribution in [1.82, 2.24) is 9.88 Å². The van der Waals surface area contributed by atoms with Crippen LogP contribution in [0.5, 0.6) is 11.5 Å². The van der Waals surface area contributed by atoms with Gasteiger partial charge in [0, 0.05) is 46.3 Å². The number of methoxy groups -OCH3 is 1. The molecule has 6 heteroatoms. The van der Waals surface area contributed by atoms with Crippen LogP contribution in [-0.2, 0) is 5.41 Å². The second-order valence-electron chi connectivity index (χ2n) is 9.20. The molecule has 1 aromatic heterocycles. The van der Waals surface area contributed by atoms with Gasteiger partial charge in [-0.25, -0.2) is 0 Å². The number of nitrogens with zero attached hydrogens (tertiary/aromatic N) is 1. The van der Waals surface area contributed by atoms with E-state index in [1.807, 2.05) is 42.5 Å². The van der Waals surface area contributed by atoms with Crippen molar-refractivity contribution in [3.8, 4) is 11.5 Å². The fourth-order valence-corrected chi connectivity index (χ4v) is 5.58. The number of nitrogens with one attached hydrogen (secondary N) is 1. The van der Waals surface area contributed by atoms with Gasteiger partial charge in [0.1, 0.15) is 5.69 Å². The van der Waals surface area contributed by atoms with Crippen LogP contribution in [0.2, 0.25) is 0 Å². The van der Waals surface area contributed by atoms with Gasteiger partial charge < -0.3 is 19.4 Å². The van der Waals surface area contributed by atoms with Gasteiger partial charge in [-0.2, -0.15) is 0 Å². The highest BCUT2D eigenvalue weighted by molar-refractivity contribution is 6.10. The maximum Gasteiger partial charge on any atom is 0.274 e. The van der Waals surface area contributed by atoms with E-state index in [0.717, 1.165) is 47.0 Å². The maximum atomic E-state index is 13.6. The van der Waals surface area contributed by atoms with E-state index in [-0.39, 0.29) is 17.1 Å². The number of H-pyrrole nitrogens is 1. The molecular weight excluding hydrogens is 416 g/mol. The lowest BCUT2D eigenvalue weighted by atomic mass is 9.81. The molecule has 6 nitrogen and oxygen atoms in total. The predicted molar refractivity (Wildman–Crippen MR) is 125 cm³/mol. The summed E-state index contributed by atoms with van der Waals surface area (Å²) in [7, 11) is 1.61. The summed E-state index contributed by atoms with van der Waals surface area (Å²) >= 11 is 0. The third kappa shape index (κ3) is 2.86. The molecule has 1 amide bonds. The van der Waals surface area contributed by atoms with Gasteiger partial charge >= 0.3 is 0 Å². The van der Waals surface area contributed by atoms with Gasteiger partial charge in [-0.1, -0.05) is 37.6 Å². The normalized spacial score (nSPS) is 22.5. The smallest absolute Gasteiger partial charge is 0.274 e. The monoisotopic (exact) mass is 442 g/mol. The van der Waals surface area contributed by atoms with Crippen LogP contribution < -0.4 is 9.47 Å². The Kier molecular flexibility index (Phi) is 4.41. The molecule has 1 spiro atoms. The summed E-state index contributed by atoms with van der Waals surface area (Å²) in [6.45, 7) is 3.38. The quantitative estimate of drug-likeness (QED) is 0.554. The van der Waals surface area contributed by atoms with Crippen LogP contribution in [0.4, 0.5) is 0 Å². The summed E-state index contributed by atoms with van der Waals surface area (Å²) in [5.74, 6) is 1.55. The third-order valence-corrected chi connectivity index (χ3v) is 7.33. The molecule has 1 saturated heterocycles. The number of fused-ring (bicyclic) bond motifs is 2. The highest BCUT2D eigenvalue weighted by Gasteiger charge is 2.67. The molecule has 0 bridgehead atoms. The van der Waals surface area contributed by atoms with Crippen molar-refractivity contribution in [3.63, 3.8) is 0 Å². The van der Waals surface area contributed by atoms with Crippen LogP contribution in [0.25, 0.3) is 10.9 Å². The minimum absolute atomic E-state index is 0.0215. The summed E-state index contributed by atoms with van der Waals surface area (Å²) in [4.78, 5) is 31.4. The number of carbonyl (C=O) groups is 2. The van der Waals surface area contributed by atoms with Crippen molar-refractivity contribution >= 4 is 22.6 Å². The van der Waals surface area contributed by atoms with Crippen LogP contribution in [0.15, 0.2) is 54.2 Å². The number of unbranched alkanes of at least 4 members (excludes halogenated alkanes) is 1. The first-order chi connectivity index (χ1) is 16.1. The number of rotatable bonds is 6. The molecule has 1 saturated carbocycles. The molecule has 33 heavy (non-hydrogen) atoms. The zero-order valence-electron chi connectivity index (χ0n) is 18.8. The highest BCUT2D eigenvalue weighted by Crippen LogP contribution is 2.66. The second kappa shape index (κ2) is 7.24. The lowest BCUT2D eigenvalue weighted by molar-refractivity contribution is 0.0806. The van der Waals surface area contributed by atoms with Crippen molar-refractivity contribution < 1.29 is 19.1 Å². The highest BCUT2D eigenvalue weighted by atomic mass is 16.5. The predicted octanol–water partition coefficient (Wildman–Crippen LogP) is 4.85. The SMILES string of the molecule is CCCCOc1cc2cc(C(=O)N3CC4CC45C3=CC(=O)c3ccccc35)[nH]c2cc1OC. The van der Waals surface area contributed by atoms with E-state index < -0.39 is 0 Å². The van der Waals surface area contributed by atoms with E-state index in [9.17, 15) is 9.59 Å². The topological polar surface area (TPSA) is 71.6 Å². The fraction of sp³-hybridized carbons (Fsp3) is 0.333. The zero-order valence-corrected chi connectivity index (χ0v) is 18.8. The minimum Gasteiger partial charge on any atom is -0.493 e. The van der Waals surface area contributed by atoms with Crippen LogP contribution in [0, 0.1) is 5.92 Å². The van der Waals surface area contributed by atoms with Crippen molar-refractivity contribution in [2.45, 2.75) is 31.6 Å². The molecule has 2 aromatic carbocycles. The summed E-state index contributed by atoms with van der Waals surface area (Å²) in [6, 6.07) is 13.5. The van der Waals surface area contributed by atoms with E-state index in [4.69, 9.17) is 9.47 Å². The Morgan fingerprint density at radius 3 is 2.88 bits per heavy atom. The van der Waals surface area contributed by atoms with Crippen LogP contribution in [-0.4, -0.2) is 41.8 Å². The molecule has 1 N–H and O–H groups in total. The number of ketones is 1. The number of piperidine rings is 1. The number of aromatic nitrogens is 1. The van der Waals surface area contributed by atoms with Gasteiger partial charge in [0.25, 0.3) is 5.91 Å². The zero-order chi connectivity index (χ0) is 22.7. The summed E-state index contributed by atoms with van der Waals surface area (Å²) in [5.41, 5.74) is 3.82. The largest absolute Gasteiger partial charge is 0.493 e. The van der Waals surface area contributed by atoms with Gasteiger partial charge in [-0.05, 0) is 36.5 Å². The summed E-state index contributed by atoms with van der Waals surface area (Å²) in [6.07, 6.45) is 4.69. The lowest BCUT2D eigenvalue weighted by Gasteiger charge is -2.29. The average molecular weight is 443 g/mol. The second-order valence-corrected chi connectivity index (χ2v) is 9.20. The molecular formula is C27H26N2O4. The Morgan fingerprint density at radius 2 is 2.06 bits per heavy atom. The first-order valence-corrected chi connectivity index (χ1v) is 11.6. The Morgan fingerprint density at radius 1 is 1.21 bits per heavy atom. The van der Waals surface area contributed by atoms with Crippen molar-refractivity contribution in [2.24, 2.45) is 5.92 Å². The van der Waals surface area contributed by atoms with E-state index in [2.05, 4.69) is 11.9 Å². The minimum atomic E-state index is -0.185. The molecule has 0 radical (unpaired) electrons. The first kappa shape index (κ1) is 20.1. The average Bonchev–Trinajstić information content (AvgIpc) is 3.23. The van der Waals surface area contributed by atoms with Gasteiger partial charge in [0.2, 0.25) is 0 Å². The van der Waals surface area contributed by atoms with Gasteiger partial charge in [-0.3, -0.25) is 9.59 Å². The molecule has 2 fully saturated rings. The van der Waals surface area contributed by atoms with E-state index in [1.165, 1.54) is 0 Å². The number of amides is 1. The first-order valence-electron chi connectivity index (χ1n) is 11.6. The van der Waals surface area contributed by atoms with Crippen LogP contribution in [0.3, 0.4) is 0 Å². The Bertz CT molecular complexity index is 1340. The molecule has 6 rings (SSSR count). The van der Waals surface area contributed by atoms with Gasteiger partial charge in [-0.15, -0.1) is 0 Å². The molecule has 1 aliphatic heterocycles. The van der Waals surface area contributed by atoms with E-state index in [1.54, 1.807) is 18.1 Å². The standard InChI is InChI=1S/C27H26N2O4/c1-3-4-9-33-24-11-16-10-21(28-20(16)12-23(24)32-2)26(31)29-15-17-14-27(17)19-8-6-5-7-18(19)22(30)13-25(27)29/h5-8,10-13,17,28H,3-4,9,14-15H2,1-2H3. The molecule has 2 unspecified atom stereocenters. The molecule has 2 atom stereocenters. The number of allylic oxidation sites excluding steroid dienone is 2. The number of benzene rings is 2. The lowest BCUT2D eigenvalue weighted by Crippen LogP contribution is -2.33. The van der Waals surface area contributed by atoms with Crippen LogP contribution >= 0.6 is 0 Å². The summed E-state index contributed by atoms with van der Waals surface area (Å²) < 4.78 is 11.4. The van der Waals surface area contributed by atoms with Crippen LogP contribution in [0.1, 0.15) is 52.6 Å². The number of ether oxygens (including phenoxy) is 2. The third-order valence-electron chi connectivity index (χ3n) is 7.33. The van der Waals surface area contributed by atoms with E-state index >= 15 is 0 Å². The number of aromatic amines is 1. The molecule has 3 aromatic rings. The molecule has 2 aliphatic carbocycles. The Balaban J connectivity index is 1.33. The van der Waals surface area contributed by atoms with Gasteiger partial charge in [0.05, 0.1) is 13.7 Å². The molecule has 2 heterocycles. The maximum absolute atomic E-state index is 13.6. The number of hydrogen-bond donors (Lipinski definition) is 1. The fourth-order valence-electron chi connectivity index (χ4n) is 5.58. The van der Waals surface area contributed by atoms with E-state index in [0.29, 0.717) is 36.3 Å². The Hall–Kier alpha value is -3.54. The summed E-state index contributed by atoms with van der Waals surface area (Å²) in [5, 5.41) is 0.892. The molecule has 3 aliphatic rings. The van der Waals surface area contributed by atoms with Crippen molar-refractivity contribution in [1.29, 1.82) is 0 Å².